The van der Waals surface area contributed by atoms with Crippen LogP contribution >= 0.6 is 11.3 Å². The first-order chi connectivity index (χ1) is 9.27. The molecule has 2 heterocycles. The van der Waals surface area contributed by atoms with Gasteiger partial charge in [-0.3, -0.25) is 4.79 Å². The number of hydrogen-bond acceptors (Lipinski definition) is 3. The second-order valence-electron chi connectivity index (χ2n) is 5.45. The molecule has 2 rings (SSSR count). The largest absolute Gasteiger partial charge is 0.355 e. The maximum Gasteiger partial charge on any atom is 0.227 e. The minimum atomic E-state index is -0.165. The molecule has 3 nitrogen and oxygen atoms in total. The summed E-state index contributed by atoms with van der Waals surface area (Å²) in [6.45, 7) is 4.80. The molecule has 0 saturated carbocycles. The average Bonchev–Trinajstić information content (AvgIpc) is 2.93. The standard InChI is InChI=1S/C15H24N2OS/c1-2-6-15(7-3-8-16-12-15)14(18)17-9-4-13-5-10-19-11-13/h5,10-11,16H,2-4,6-9,12H2,1H3,(H,17,18). The van der Waals surface area contributed by atoms with E-state index < -0.39 is 0 Å². The van der Waals surface area contributed by atoms with Crippen LogP contribution in [0.5, 0.6) is 0 Å². The molecule has 0 spiro atoms. The van der Waals surface area contributed by atoms with Gasteiger partial charge in [-0.25, -0.2) is 0 Å². The Kier molecular flexibility index (Phi) is 5.40. The third kappa shape index (κ3) is 3.80. The zero-order chi connectivity index (χ0) is 13.6. The van der Waals surface area contributed by atoms with E-state index in [1.807, 2.05) is 0 Å². The number of piperidine rings is 1. The van der Waals surface area contributed by atoms with Crippen molar-refractivity contribution in [2.75, 3.05) is 19.6 Å². The lowest BCUT2D eigenvalue weighted by Gasteiger charge is -2.36. The van der Waals surface area contributed by atoms with Gasteiger partial charge in [-0.1, -0.05) is 13.3 Å². The Hall–Kier alpha value is -0.870. The molecule has 0 aromatic carbocycles. The molecule has 1 atom stereocenters. The summed E-state index contributed by atoms with van der Waals surface area (Å²) in [5.74, 6) is 0.247. The van der Waals surface area contributed by atoms with E-state index in [-0.39, 0.29) is 11.3 Å². The van der Waals surface area contributed by atoms with Crippen LogP contribution in [0.3, 0.4) is 0 Å². The Morgan fingerprint density at radius 1 is 1.58 bits per heavy atom. The first-order valence-electron chi connectivity index (χ1n) is 7.27. The lowest BCUT2D eigenvalue weighted by Crippen LogP contribution is -2.50. The van der Waals surface area contributed by atoms with Crippen molar-refractivity contribution >= 4 is 17.2 Å². The van der Waals surface area contributed by atoms with Gasteiger partial charge in [0.15, 0.2) is 0 Å². The average molecular weight is 280 g/mol. The van der Waals surface area contributed by atoms with Crippen molar-refractivity contribution in [1.29, 1.82) is 0 Å². The van der Waals surface area contributed by atoms with Crippen LogP contribution in [-0.4, -0.2) is 25.5 Å². The highest BCUT2D eigenvalue weighted by atomic mass is 32.1. The van der Waals surface area contributed by atoms with Crippen LogP contribution in [0.15, 0.2) is 16.8 Å². The summed E-state index contributed by atoms with van der Waals surface area (Å²) >= 11 is 1.71. The monoisotopic (exact) mass is 280 g/mol. The molecule has 1 amide bonds. The molecule has 0 bridgehead atoms. The van der Waals surface area contributed by atoms with Crippen LogP contribution in [0.4, 0.5) is 0 Å². The topological polar surface area (TPSA) is 41.1 Å². The fourth-order valence-corrected chi connectivity index (χ4v) is 3.61. The highest BCUT2D eigenvalue weighted by molar-refractivity contribution is 7.07. The number of hydrogen-bond donors (Lipinski definition) is 2. The Bertz CT molecular complexity index is 377. The number of rotatable bonds is 6. The molecular weight excluding hydrogens is 256 g/mol. The summed E-state index contributed by atoms with van der Waals surface area (Å²) in [6.07, 6.45) is 5.13. The zero-order valence-electron chi connectivity index (χ0n) is 11.7. The molecule has 19 heavy (non-hydrogen) atoms. The maximum absolute atomic E-state index is 12.5. The first-order valence-corrected chi connectivity index (χ1v) is 8.21. The molecule has 0 radical (unpaired) electrons. The third-order valence-electron chi connectivity index (χ3n) is 3.96. The molecule has 0 aliphatic carbocycles. The van der Waals surface area contributed by atoms with Gasteiger partial charge in [0, 0.05) is 13.1 Å². The van der Waals surface area contributed by atoms with Gasteiger partial charge < -0.3 is 10.6 Å². The van der Waals surface area contributed by atoms with Crippen molar-refractivity contribution in [2.45, 2.75) is 39.0 Å². The molecule has 1 aromatic rings. The zero-order valence-corrected chi connectivity index (χ0v) is 12.5. The van der Waals surface area contributed by atoms with Crippen LogP contribution in [0.1, 0.15) is 38.2 Å². The predicted octanol–water partition coefficient (Wildman–Crippen LogP) is 2.58. The number of nitrogens with one attached hydrogen (secondary N) is 2. The molecule has 106 valence electrons. The third-order valence-corrected chi connectivity index (χ3v) is 4.69. The molecule has 1 aliphatic heterocycles. The van der Waals surface area contributed by atoms with Crippen molar-refractivity contribution in [3.63, 3.8) is 0 Å². The molecule has 1 fully saturated rings. The van der Waals surface area contributed by atoms with Gasteiger partial charge in [0.25, 0.3) is 0 Å². The van der Waals surface area contributed by atoms with Crippen LogP contribution < -0.4 is 10.6 Å². The summed E-state index contributed by atoms with van der Waals surface area (Å²) in [7, 11) is 0. The van der Waals surface area contributed by atoms with E-state index in [1.165, 1.54) is 5.56 Å². The number of amides is 1. The Balaban J connectivity index is 1.85. The number of carbonyl (C=O) groups is 1. The predicted molar refractivity (Wildman–Crippen MR) is 80.5 cm³/mol. The van der Waals surface area contributed by atoms with E-state index in [0.717, 1.165) is 51.7 Å². The second kappa shape index (κ2) is 7.06. The molecular formula is C15H24N2OS. The second-order valence-corrected chi connectivity index (χ2v) is 6.23. The summed E-state index contributed by atoms with van der Waals surface area (Å²) in [4.78, 5) is 12.5. The molecule has 1 aliphatic rings. The van der Waals surface area contributed by atoms with Gasteiger partial charge in [-0.2, -0.15) is 11.3 Å². The van der Waals surface area contributed by atoms with Crippen LogP contribution in [0, 0.1) is 5.41 Å². The quantitative estimate of drug-likeness (QED) is 0.841. The normalized spacial score (nSPS) is 23.2. The molecule has 2 N–H and O–H groups in total. The maximum atomic E-state index is 12.5. The highest BCUT2D eigenvalue weighted by Gasteiger charge is 2.38. The van der Waals surface area contributed by atoms with E-state index in [4.69, 9.17) is 0 Å². The fourth-order valence-electron chi connectivity index (χ4n) is 2.91. The SMILES string of the molecule is CCCC1(C(=O)NCCc2ccsc2)CCCNC1. The van der Waals surface area contributed by atoms with Crippen LogP contribution in [0.2, 0.25) is 0 Å². The Morgan fingerprint density at radius 2 is 2.47 bits per heavy atom. The van der Waals surface area contributed by atoms with Gasteiger partial charge in [0.05, 0.1) is 5.41 Å². The van der Waals surface area contributed by atoms with Crippen molar-refractivity contribution in [1.82, 2.24) is 10.6 Å². The molecule has 1 unspecified atom stereocenters. The van der Waals surface area contributed by atoms with E-state index in [0.29, 0.717) is 0 Å². The van der Waals surface area contributed by atoms with Crippen molar-refractivity contribution < 1.29 is 4.79 Å². The minimum absolute atomic E-state index is 0.165. The van der Waals surface area contributed by atoms with Gasteiger partial charge in [0.2, 0.25) is 5.91 Å². The summed E-state index contributed by atoms with van der Waals surface area (Å²) in [5, 5.41) is 10.8. The summed E-state index contributed by atoms with van der Waals surface area (Å²) in [5.41, 5.74) is 1.15. The van der Waals surface area contributed by atoms with Crippen LogP contribution in [0.25, 0.3) is 0 Å². The van der Waals surface area contributed by atoms with E-state index in [9.17, 15) is 4.79 Å². The Labute approximate surface area is 119 Å². The summed E-state index contributed by atoms with van der Waals surface area (Å²) in [6, 6.07) is 2.13. The number of thiophene rings is 1. The Morgan fingerprint density at radius 3 is 3.11 bits per heavy atom. The van der Waals surface area contributed by atoms with Crippen molar-refractivity contribution in [3.8, 4) is 0 Å². The van der Waals surface area contributed by atoms with E-state index >= 15 is 0 Å². The molecule has 1 aromatic heterocycles. The van der Waals surface area contributed by atoms with Gasteiger partial charge in [0.1, 0.15) is 0 Å². The number of carbonyl (C=O) groups excluding carboxylic acids is 1. The van der Waals surface area contributed by atoms with Gasteiger partial charge >= 0.3 is 0 Å². The lowest BCUT2D eigenvalue weighted by molar-refractivity contribution is -0.132. The summed E-state index contributed by atoms with van der Waals surface area (Å²) < 4.78 is 0. The molecule has 1 saturated heterocycles. The fraction of sp³-hybridized carbons (Fsp3) is 0.667. The lowest BCUT2D eigenvalue weighted by atomic mass is 9.76. The van der Waals surface area contributed by atoms with Gasteiger partial charge in [-0.05, 0) is 54.6 Å². The van der Waals surface area contributed by atoms with Crippen molar-refractivity contribution in [2.24, 2.45) is 5.41 Å². The smallest absolute Gasteiger partial charge is 0.227 e. The van der Waals surface area contributed by atoms with E-state index in [1.54, 1.807) is 11.3 Å². The minimum Gasteiger partial charge on any atom is -0.355 e. The van der Waals surface area contributed by atoms with E-state index in [2.05, 4.69) is 34.4 Å². The molecule has 4 heteroatoms. The highest BCUT2D eigenvalue weighted by Crippen LogP contribution is 2.31. The first kappa shape index (κ1) is 14.5. The van der Waals surface area contributed by atoms with Crippen molar-refractivity contribution in [3.05, 3.63) is 22.4 Å². The van der Waals surface area contributed by atoms with Crippen LogP contribution in [-0.2, 0) is 11.2 Å². The van der Waals surface area contributed by atoms with Gasteiger partial charge in [-0.15, -0.1) is 0 Å².